The Hall–Kier alpha value is 0.927. The summed E-state index contributed by atoms with van der Waals surface area (Å²) in [5.41, 5.74) is 0. The fourth-order valence-electron chi connectivity index (χ4n) is 1.01. The summed E-state index contributed by atoms with van der Waals surface area (Å²) < 4.78 is 40.1. The first-order valence-corrected chi connectivity index (χ1v) is 8.44. The number of rotatable bonds is 9. The molecule has 8 nitrogen and oxygen atoms in total. The van der Waals surface area contributed by atoms with Crippen molar-refractivity contribution in [2.45, 2.75) is 18.6 Å². The van der Waals surface area contributed by atoms with Gasteiger partial charge >= 0.3 is 38.4 Å². The van der Waals surface area contributed by atoms with E-state index in [1.54, 1.807) is 0 Å². The van der Waals surface area contributed by atoms with E-state index in [-0.39, 0.29) is 48.8 Å². The molecule has 104 valence electrons. The van der Waals surface area contributed by atoms with E-state index in [9.17, 15) is 13.0 Å². The molecule has 0 aliphatic heterocycles. The first-order valence-electron chi connectivity index (χ1n) is 4.85. The molecule has 0 bridgehead atoms. The minimum Gasteiger partial charge on any atom is -0.748 e. The molecule has 0 aromatic rings. The van der Waals surface area contributed by atoms with Gasteiger partial charge in [0, 0.05) is 19.8 Å². The van der Waals surface area contributed by atoms with Crippen molar-refractivity contribution in [3.63, 3.8) is 0 Å². The molecule has 3 N–H and O–H groups in total. The van der Waals surface area contributed by atoms with Crippen LogP contribution < -0.4 is 29.6 Å². The third-order valence-corrected chi connectivity index (χ3v) is 4.28. The van der Waals surface area contributed by atoms with E-state index >= 15 is 0 Å². The van der Waals surface area contributed by atoms with E-state index in [4.69, 9.17) is 19.4 Å². The Labute approximate surface area is 129 Å². The SMILES string of the molecule is CO[Si](O)(O)CCCOCC(O)CS(=O)(=O)[O-].[Na+]. The average molecular weight is 312 g/mol. The summed E-state index contributed by atoms with van der Waals surface area (Å²) in [5, 5.41) is 9.07. The summed E-state index contributed by atoms with van der Waals surface area (Å²) in [6, 6.07) is 0.0411. The Kier molecular flexibility index (Phi) is 11.5. The van der Waals surface area contributed by atoms with Crippen molar-refractivity contribution < 1.29 is 66.4 Å². The predicted octanol–water partition coefficient (Wildman–Crippen LogP) is -5.13. The van der Waals surface area contributed by atoms with Gasteiger partial charge in [0.15, 0.2) is 0 Å². The van der Waals surface area contributed by atoms with Gasteiger partial charge in [0.1, 0.15) is 0 Å². The van der Waals surface area contributed by atoms with Crippen LogP contribution in [0.2, 0.25) is 6.04 Å². The summed E-state index contributed by atoms with van der Waals surface area (Å²) in [6.45, 7) is -0.185. The molecule has 0 aliphatic carbocycles. The fraction of sp³-hybridized carbons (Fsp3) is 1.00. The van der Waals surface area contributed by atoms with E-state index in [0.29, 0.717) is 6.42 Å². The van der Waals surface area contributed by atoms with Crippen LogP contribution >= 0.6 is 0 Å². The van der Waals surface area contributed by atoms with Gasteiger partial charge in [-0.3, -0.25) is 0 Å². The zero-order chi connectivity index (χ0) is 13.5. The fourth-order valence-corrected chi connectivity index (χ4v) is 2.39. The van der Waals surface area contributed by atoms with Crippen molar-refractivity contribution in [2.24, 2.45) is 0 Å². The Morgan fingerprint density at radius 3 is 2.39 bits per heavy atom. The van der Waals surface area contributed by atoms with Crippen LogP contribution in [0.5, 0.6) is 0 Å². The van der Waals surface area contributed by atoms with Crippen molar-refractivity contribution >= 4 is 18.9 Å². The molecule has 0 amide bonds. The minimum absolute atomic E-state index is 0. The first-order chi connectivity index (χ1) is 7.66. The van der Waals surface area contributed by atoms with Crippen LogP contribution in [0.25, 0.3) is 0 Å². The standard InChI is InChI=1S/C7H18O8SSi.Na/c1-14-17(12,13)4-2-3-15-5-7(8)6-16(9,10)11;/h7-8,12-13H,2-6H2,1H3,(H,9,10,11);/q;+1/p-1. The molecular formula is C7H17NaO8SSi. The monoisotopic (exact) mass is 312 g/mol. The summed E-state index contributed by atoms with van der Waals surface area (Å²) >= 11 is 0. The molecule has 0 heterocycles. The minimum atomic E-state index is -4.47. The maximum absolute atomic E-state index is 10.3. The van der Waals surface area contributed by atoms with Gasteiger partial charge in [-0.2, -0.15) is 0 Å². The molecule has 11 heteroatoms. The Balaban J connectivity index is 0. The molecule has 0 radical (unpaired) electrons. The van der Waals surface area contributed by atoms with Gasteiger partial charge in [0.2, 0.25) is 0 Å². The van der Waals surface area contributed by atoms with Gasteiger partial charge in [0.05, 0.1) is 28.6 Å². The second-order valence-electron chi connectivity index (χ2n) is 3.50. The van der Waals surface area contributed by atoms with Gasteiger partial charge in [-0.1, -0.05) is 0 Å². The smallest absolute Gasteiger partial charge is 0.748 e. The topological polar surface area (TPSA) is 136 Å². The Bertz CT molecular complexity index is 309. The van der Waals surface area contributed by atoms with Crippen molar-refractivity contribution in [3.05, 3.63) is 0 Å². The summed E-state index contributed by atoms with van der Waals surface area (Å²) in [5.74, 6) is -0.899. The Morgan fingerprint density at radius 2 is 1.94 bits per heavy atom. The number of aliphatic hydroxyl groups excluding tert-OH is 1. The van der Waals surface area contributed by atoms with Crippen LogP contribution in [0.1, 0.15) is 6.42 Å². The number of hydrogen-bond acceptors (Lipinski definition) is 8. The zero-order valence-corrected chi connectivity index (χ0v) is 14.2. The third kappa shape index (κ3) is 13.4. The first kappa shape index (κ1) is 21.2. The van der Waals surface area contributed by atoms with Crippen LogP contribution in [0, 0.1) is 0 Å². The second kappa shape index (κ2) is 9.77. The molecule has 0 saturated heterocycles. The van der Waals surface area contributed by atoms with Gasteiger partial charge < -0.3 is 28.4 Å². The van der Waals surface area contributed by atoms with Crippen LogP contribution in [0.15, 0.2) is 0 Å². The van der Waals surface area contributed by atoms with Crippen LogP contribution in [0.3, 0.4) is 0 Å². The molecule has 0 fully saturated rings. The average Bonchev–Trinajstić information content (AvgIpc) is 2.14. The zero-order valence-electron chi connectivity index (χ0n) is 10.4. The van der Waals surface area contributed by atoms with Gasteiger partial charge in [-0.25, -0.2) is 8.42 Å². The van der Waals surface area contributed by atoms with Gasteiger partial charge in [-0.05, 0) is 6.42 Å². The van der Waals surface area contributed by atoms with E-state index in [2.05, 4.69) is 4.43 Å². The van der Waals surface area contributed by atoms with Crippen LogP contribution in [0.4, 0.5) is 0 Å². The molecule has 1 atom stereocenters. The van der Waals surface area contributed by atoms with Gasteiger partial charge in [0.25, 0.3) is 0 Å². The van der Waals surface area contributed by atoms with Crippen LogP contribution in [-0.4, -0.2) is 68.7 Å². The van der Waals surface area contributed by atoms with E-state index in [1.807, 2.05) is 0 Å². The molecule has 0 rings (SSSR count). The molecule has 0 saturated carbocycles. The number of hydrogen-bond donors (Lipinski definition) is 3. The normalized spacial score (nSPS) is 14.1. The Morgan fingerprint density at radius 1 is 1.39 bits per heavy atom. The predicted molar refractivity (Wildman–Crippen MR) is 58.0 cm³/mol. The molecule has 0 aliphatic rings. The molecular weight excluding hydrogens is 295 g/mol. The quantitative estimate of drug-likeness (QED) is 0.218. The molecule has 0 aromatic heterocycles. The molecule has 1 unspecified atom stereocenters. The second-order valence-corrected chi connectivity index (χ2v) is 7.35. The van der Waals surface area contributed by atoms with E-state index in [1.165, 1.54) is 7.11 Å². The van der Waals surface area contributed by atoms with Crippen molar-refractivity contribution in [1.29, 1.82) is 0 Å². The largest absolute Gasteiger partial charge is 1.00 e. The molecule has 0 aromatic carbocycles. The van der Waals surface area contributed by atoms with Crippen LogP contribution in [-0.2, 0) is 19.3 Å². The maximum Gasteiger partial charge on any atom is 1.00 e. The number of aliphatic hydroxyl groups is 1. The summed E-state index contributed by atoms with van der Waals surface area (Å²) in [4.78, 5) is 18.3. The number of ether oxygens (including phenoxy) is 1. The van der Waals surface area contributed by atoms with Gasteiger partial charge in [-0.15, -0.1) is 0 Å². The summed E-state index contributed by atoms with van der Waals surface area (Å²) in [6.07, 6.45) is -1.07. The van der Waals surface area contributed by atoms with Crippen molar-refractivity contribution in [2.75, 3.05) is 26.1 Å². The molecule has 0 spiro atoms. The van der Waals surface area contributed by atoms with Crippen molar-refractivity contribution in [3.8, 4) is 0 Å². The van der Waals surface area contributed by atoms with Crippen molar-refractivity contribution in [1.82, 2.24) is 0 Å². The maximum atomic E-state index is 10.3. The summed E-state index contributed by atoms with van der Waals surface area (Å²) in [7, 11) is -6.86. The third-order valence-electron chi connectivity index (χ3n) is 1.82. The van der Waals surface area contributed by atoms with E-state index < -0.39 is 30.8 Å². The van der Waals surface area contributed by atoms with E-state index in [0.717, 1.165) is 0 Å². The molecule has 18 heavy (non-hydrogen) atoms.